The quantitative estimate of drug-likeness (QED) is 0.474. The summed E-state index contributed by atoms with van der Waals surface area (Å²) in [5.41, 5.74) is 0.953. The Kier molecular flexibility index (Phi) is 4.41. The highest BCUT2D eigenvalue weighted by molar-refractivity contribution is 5.81. The van der Waals surface area contributed by atoms with E-state index in [1.54, 1.807) is 26.8 Å². The average molecular weight is 296 g/mol. The molecule has 0 aliphatic heterocycles. The molecule has 0 amide bonds. The van der Waals surface area contributed by atoms with Crippen LogP contribution >= 0.6 is 0 Å². The normalized spacial score (nSPS) is 12.7. The van der Waals surface area contributed by atoms with E-state index in [1.807, 2.05) is 0 Å². The molecule has 1 aromatic rings. The lowest BCUT2D eigenvalue weighted by atomic mass is 10.0. The van der Waals surface area contributed by atoms with E-state index >= 15 is 0 Å². The van der Waals surface area contributed by atoms with E-state index in [4.69, 9.17) is 0 Å². The molecule has 0 heterocycles. The van der Waals surface area contributed by atoms with Gasteiger partial charge in [0, 0.05) is 0 Å². The summed E-state index contributed by atoms with van der Waals surface area (Å²) >= 11 is 0. The number of alkyl halides is 5. The Bertz CT molecular complexity index is 506. The van der Waals surface area contributed by atoms with Crippen LogP contribution in [0.1, 0.15) is 30.9 Å². The largest absolute Gasteiger partial charge is 0.465 e. The lowest BCUT2D eigenvalue weighted by Crippen LogP contribution is -2.46. The molecule has 0 aliphatic carbocycles. The third kappa shape index (κ3) is 3.26. The maximum Gasteiger partial charge on any atom is 0.465 e. The molecule has 0 fully saturated rings. The van der Waals surface area contributed by atoms with Gasteiger partial charge in [0.2, 0.25) is 0 Å². The topological polar surface area (TPSA) is 26.3 Å². The van der Waals surface area contributed by atoms with E-state index < -0.39 is 18.1 Å². The van der Waals surface area contributed by atoms with Crippen molar-refractivity contribution in [1.29, 1.82) is 0 Å². The van der Waals surface area contributed by atoms with Gasteiger partial charge < -0.3 is 4.74 Å². The third-order valence-electron chi connectivity index (χ3n) is 2.61. The number of rotatable bonds is 3. The summed E-state index contributed by atoms with van der Waals surface area (Å²) in [6, 6.07) is 4.42. The van der Waals surface area contributed by atoms with Crippen molar-refractivity contribution in [3.05, 3.63) is 29.3 Å². The summed E-state index contributed by atoms with van der Waals surface area (Å²) in [5.74, 6) is -8.64. The van der Waals surface area contributed by atoms with Gasteiger partial charge in [-0.25, -0.2) is 4.79 Å². The summed E-state index contributed by atoms with van der Waals surface area (Å²) < 4.78 is 66.2. The molecule has 1 rings (SSSR count). The van der Waals surface area contributed by atoms with E-state index in [0.717, 1.165) is 0 Å². The molecule has 0 N–H and O–H groups in total. The minimum atomic E-state index is -5.98. The maximum absolute atomic E-state index is 12.8. The minimum absolute atomic E-state index is 0.196. The molecule has 112 valence electrons. The Balaban J connectivity index is 3.11. The number of hydrogen-bond acceptors (Lipinski definition) is 2. The van der Waals surface area contributed by atoms with Crippen LogP contribution in [0, 0.1) is 6.92 Å². The van der Waals surface area contributed by atoms with Crippen LogP contribution in [-0.2, 0) is 4.79 Å². The molecule has 0 saturated heterocycles. The second-order valence-electron chi connectivity index (χ2n) is 4.66. The molecule has 0 atom stereocenters. The molecular formula is C13H13F5O2. The summed E-state index contributed by atoms with van der Waals surface area (Å²) in [4.78, 5) is 11.1. The predicted octanol–water partition coefficient (Wildman–Crippen LogP) is 4.22. The van der Waals surface area contributed by atoms with Crippen molar-refractivity contribution in [3.63, 3.8) is 0 Å². The van der Waals surface area contributed by atoms with Crippen LogP contribution in [0.2, 0.25) is 0 Å². The molecule has 1 aromatic carbocycles. The van der Waals surface area contributed by atoms with Gasteiger partial charge in [-0.2, -0.15) is 22.0 Å². The number of carbonyl (C=O) groups excluding carboxylic acids is 1. The van der Waals surface area contributed by atoms with Gasteiger partial charge in [-0.15, -0.1) is 0 Å². The number of halogens is 5. The van der Waals surface area contributed by atoms with Crippen LogP contribution in [0.3, 0.4) is 0 Å². The molecule has 0 aliphatic rings. The van der Waals surface area contributed by atoms with Crippen LogP contribution in [0.25, 0.3) is 0 Å². The summed E-state index contributed by atoms with van der Waals surface area (Å²) in [5, 5.41) is 0. The van der Waals surface area contributed by atoms with Crippen LogP contribution in [0.4, 0.5) is 22.0 Å². The number of benzene rings is 1. The molecular weight excluding hydrogens is 283 g/mol. The Morgan fingerprint density at radius 2 is 1.70 bits per heavy atom. The first-order chi connectivity index (χ1) is 8.96. The van der Waals surface area contributed by atoms with Gasteiger partial charge in [0.05, 0.1) is 0 Å². The highest BCUT2D eigenvalue weighted by Crippen LogP contribution is 2.37. The van der Waals surface area contributed by atoms with Crippen LogP contribution < -0.4 is 4.74 Å². The van der Waals surface area contributed by atoms with Gasteiger partial charge in [0.15, 0.2) is 0 Å². The summed E-state index contributed by atoms with van der Waals surface area (Å²) in [6.45, 7) is 5.00. The van der Waals surface area contributed by atoms with E-state index in [2.05, 4.69) is 4.74 Å². The third-order valence-corrected chi connectivity index (χ3v) is 2.61. The fourth-order valence-corrected chi connectivity index (χ4v) is 1.49. The number of ether oxygens (including phenoxy) is 1. The zero-order valence-corrected chi connectivity index (χ0v) is 11.0. The second-order valence-corrected chi connectivity index (χ2v) is 4.66. The highest BCUT2D eigenvalue weighted by Gasteiger charge is 2.65. The van der Waals surface area contributed by atoms with Crippen molar-refractivity contribution in [2.24, 2.45) is 0 Å². The molecule has 2 nitrogen and oxygen atoms in total. The lowest BCUT2D eigenvalue weighted by Gasteiger charge is -2.19. The number of carbonyl (C=O) groups is 1. The highest BCUT2D eigenvalue weighted by atomic mass is 19.4. The maximum atomic E-state index is 12.8. The monoisotopic (exact) mass is 296 g/mol. The zero-order valence-electron chi connectivity index (χ0n) is 11.0. The first-order valence-electron chi connectivity index (χ1n) is 5.74. The van der Waals surface area contributed by atoms with E-state index in [9.17, 15) is 26.7 Å². The molecule has 0 bridgehead atoms. The van der Waals surface area contributed by atoms with Gasteiger partial charge in [-0.1, -0.05) is 26.0 Å². The summed E-state index contributed by atoms with van der Waals surface area (Å²) in [7, 11) is 0. The minimum Gasteiger partial charge on any atom is -0.422 e. The van der Waals surface area contributed by atoms with Crippen molar-refractivity contribution >= 4 is 5.97 Å². The van der Waals surface area contributed by atoms with E-state index in [1.165, 1.54) is 12.1 Å². The van der Waals surface area contributed by atoms with Crippen LogP contribution in [0.15, 0.2) is 18.2 Å². The predicted molar refractivity (Wildman–Crippen MR) is 61.9 cm³/mol. The molecule has 20 heavy (non-hydrogen) atoms. The molecule has 7 heteroatoms. The van der Waals surface area contributed by atoms with Crippen molar-refractivity contribution in [1.82, 2.24) is 0 Å². The fraction of sp³-hybridized carbons (Fsp3) is 0.462. The summed E-state index contributed by atoms with van der Waals surface area (Å²) in [6.07, 6.45) is -5.98. The number of aryl methyl sites for hydroxylation is 1. The Hall–Kier alpha value is -1.66. The first-order valence-corrected chi connectivity index (χ1v) is 5.74. The van der Waals surface area contributed by atoms with Gasteiger partial charge in [0.1, 0.15) is 5.75 Å². The van der Waals surface area contributed by atoms with E-state index in [0.29, 0.717) is 11.1 Å². The van der Waals surface area contributed by atoms with Gasteiger partial charge in [-0.05, 0) is 30.0 Å². The lowest BCUT2D eigenvalue weighted by molar-refractivity contribution is -0.276. The fourth-order valence-electron chi connectivity index (χ4n) is 1.49. The molecule has 0 spiro atoms. The van der Waals surface area contributed by atoms with Crippen molar-refractivity contribution in [2.75, 3.05) is 0 Å². The second kappa shape index (κ2) is 5.38. The van der Waals surface area contributed by atoms with Gasteiger partial charge in [0.25, 0.3) is 0 Å². The SMILES string of the molecule is Cc1ccc(C(C)C)c(OC(=O)C(F)(F)C(F)(F)F)c1. The molecule has 0 aromatic heterocycles. The Labute approximate surface area is 112 Å². The average Bonchev–Trinajstić information content (AvgIpc) is 2.26. The van der Waals surface area contributed by atoms with Crippen LogP contribution in [-0.4, -0.2) is 18.1 Å². The van der Waals surface area contributed by atoms with E-state index in [-0.39, 0.29) is 11.7 Å². The van der Waals surface area contributed by atoms with Gasteiger partial charge in [-0.3, -0.25) is 0 Å². The number of esters is 1. The standard InChI is InChI=1S/C13H13F5O2/c1-7(2)9-5-4-8(3)6-10(9)20-11(19)12(14,15)13(16,17)18/h4-7H,1-3H3. The smallest absolute Gasteiger partial charge is 0.422 e. The van der Waals surface area contributed by atoms with Gasteiger partial charge >= 0.3 is 18.1 Å². The Morgan fingerprint density at radius 1 is 1.15 bits per heavy atom. The molecule has 0 saturated carbocycles. The van der Waals surface area contributed by atoms with Crippen LogP contribution in [0.5, 0.6) is 5.75 Å². The first kappa shape index (κ1) is 16.4. The zero-order chi connectivity index (χ0) is 15.7. The van der Waals surface area contributed by atoms with Crippen molar-refractivity contribution in [3.8, 4) is 5.75 Å². The number of hydrogen-bond donors (Lipinski definition) is 0. The molecule has 0 unspecified atom stereocenters. The van der Waals surface area contributed by atoms with Crippen molar-refractivity contribution in [2.45, 2.75) is 38.8 Å². The van der Waals surface area contributed by atoms with Crippen molar-refractivity contribution < 1.29 is 31.5 Å². The Morgan fingerprint density at radius 3 is 2.15 bits per heavy atom. The molecule has 0 radical (unpaired) electrons.